The normalized spacial score (nSPS) is 18.3. The lowest BCUT2D eigenvalue weighted by molar-refractivity contribution is 0.204. The Bertz CT molecular complexity index is 842. The Hall–Kier alpha value is -2.11. The molecule has 1 saturated heterocycles. The summed E-state index contributed by atoms with van der Waals surface area (Å²) in [6, 6.07) is 9.80. The third-order valence-electron chi connectivity index (χ3n) is 4.33. The van der Waals surface area contributed by atoms with Gasteiger partial charge < -0.3 is 8.94 Å². The predicted octanol–water partition coefficient (Wildman–Crippen LogP) is 4.63. The fraction of sp³-hybridized carbons (Fsp3) is 0.333. The van der Waals surface area contributed by atoms with Crippen molar-refractivity contribution in [1.82, 2.24) is 15.0 Å². The van der Waals surface area contributed by atoms with Gasteiger partial charge in [-0.25, -0.2) is 4.98 Å². The summed E-state index contributed by atoms with van der Waals surface area (Å²) < 4.78 is 11.1. The largest absolute Gasteiger partial charge is 0.444 e. The average Bonchev–Trinajstić information content (AvgIpc) is 3.28. The lowest BCUT2D eigenvalue weighted by Crippen LogP contribution is -2.22. The molecule has 0 unspecified atom stereocenters. The Labute approximate surface area is 145 Å². The van der Waals surface area contributed by atoms with Crippen LogP contribution >= 0.6 is 11.6 Å². The van der Waals surface area contributed by atoms with E-state index in [1.807, 2.05) is 37.3 Å². The molecule has 24 heavy (non-hydrogen) atoms. The molecule has 4 rings (SSSR count). The van der Waals surface area contributed by atoms with Crippen molar-refractivity contribution >= 4 is 11.6 Å². The molecule has 2 aromatic heterocycles. The van der Waals surface area contributed by atoms with Gasteiger partial charge in [0.05, 0.1) is 17.4 Å². The molecule has 0 N–H and O–H groups in total. The second-order valence-corrected chi connectivity index (χ2v) is 6.59. The molecule has 1 aromatic carbocycles. The van der Waals surface area contributed by atoms with E-state index >= 15 is 0 Å². The van der Waals surface area contributed by atoms with Crippen molar-refractivity contribution in [2.45, 2.75) is 32.4 Å². The van der Waals surface area contributed by atoms with Gasteiger partial charge in [-0.3, -0.25) is 4.90 Å². The zero-order valence-corrected chi connectivity index (χ0v) is 14.2. The van der Waals surface area contributed by atoms with Crippen LogP contribution < -0.4 is 0 Å². The van der Waals surface area contributed by atoms with Crippen LogP contribution in [0.15, 0.2) is 45.5 Å². The van der Waals surface area contributed by atoms with Crippen molar-refractivity contribution in [2.24, 2.45) is 0 Å². The van der Waals surface area contributed by atoms with E-state index in [1.54, 1.807) is 6.26 Å². The summed E-state index contributed by atoms with van der Waals surface area (Å²) in [7, 11) is 0. The van der Waals surface area contributed by atoms with Crippen LogP contribution in [0, 0.1) is 6.92 Å². The zero-order chi connectivity index (χ0) is 16.5. The molecule has 1 aliphatic rings. The van der Waals surface area contributed by atoms with Gasteiger partial charge in [0.2, 0.25) is 5.89 Å². The maximum Gasteiger partial charge on any atom is 0.226 e. The third-order valence-corrected chi connectivity index (χ3v) is 4.56. The van der Waals surface area contributed by atoms with Crippen molar-refractivity contribution in [2.75, 3.05) is 6.54 Å². The monoisotopic (exact) mass is 343 g/mol. The predicted molar refractivity (Wildman–Crippen MR) is 90.6 cm³/mol. The molecule has 3 aromatic rings. The number of halogens is 1. The number of oxazole rings is 1. The summed E-state index contributed by atoms with van der Waals surface area (Å²) >= 11 is 6.03. The van der Waals surface area contributed by atoms with Gasteiger partial charge in [0.15, 0.2) is 5.76 Å². The van der Waals surface area contributed by atoms with E-state index in [4.69, 9.17) is 20.5 Å². The maximum atomic E-state index is 6.03. The summed E-state index contributed by atoms with van der Waals surface area (Å²) in [5.41, 5.74) is 2.72. The average molecular weight is 344 g/mol. The Balaban J connectivity index is 1.51. The summed E-state index contributed by atoms with van der Waals surface area (Å²) in [5.74, 6) is 1.53. The highest BCUT2D eigenvalue weighted by molar-refractivity contribution is 6.30. The lowest BCUT2D eigenvalue weighted by atomic mass is 10.1. The minimum absolute atomic E-state index is 0.262. The SMILES string of the molecule is Cc1cc([C@H]2CCCN2Cc2coc(-c3cccc(Cl)c3)n2)on1. The van der Waals surface area contributed by atoms with Crippen LogP contribution in [-0.4, -0.2) is 21.6 Å². The van der Waals surface area contributed by atoms with Crippen LogP contribution in [0.5, 0.6) is 0 Å². The highest BCUT2D eigenvalue weighted by Crippen LogP contribution is 2.33. The number of benzene rings is 1. The molecule has 1 fully saturated rings. The minimum Gasteiger partial charge on any atom is -0.444 e. The Kier molecular flexibility index (Phi) is 4.12. The van der Waals surface area contributed by atoms with Gasteiger partial charge >= 0.3 is 0 Å². The number of hydrogen-bond donors (Lipinski definition) is 0. The van der Waals surface area contributed by atoms with Crippen LogP contribution in [0.25, 0.3) is 11.5 Å². The molecule has 5 nitrogen and oxygen atoms in total. The fourth-order valence-electron chi connectivity index (χ4n) is 3.22. The first-order chi connectivity index (χ1) is 11.7. The summed E-state index contributed by atoms with van der Waals surface area (Å²) in [5, 5.41) is 4.68. The molecule has 1 atom stereocenters. The van der Waals surface area contributed by atoms with E-state index in [-0.39, 0.29) is 6.04 Å². The second-order valence-electron chi connectivity index (χ2n) is 6.15. The molecule has 0 amide bonds. The highest BCUT2D eigenvalue weighted by Gasteiger charge is 2.29. The molecule has 3 heterocycles. The van der Waals surface area contributed by atoms with Gasteiger partial charge in [-0.2, -0.15) is 0 Å². The summed E-state index contributed by atoms with van der Waals surface area (Å²) in [4.78, 5) is 6.97. The van der Waals surface area contributed by atoms with E-state index in [0.29, 0.717) is 10.9 Å². The fourth-order valence-corrected chi connectivity index (χ4v) is 3.41. The standard InChI is InChI=1S/C18H18ClN3O2/c1-12-8-17(24-21-12)16-6-3-7-22(16)10-15-11-23-18(20-15)13-4-2-5-14(19)9-13/h2,4-5,8-9,11,16H,3,6-7,10H2,1H3/t16-/m1/s1. The van der Waals surface area contributed by atoms with Crippen molar-refractivity contribution in [1.29, 1.82) is 0 Å². The van der Waals surface area contributed by atoms with E-state index in [2.05, 4.69) is 15.0 Å². The van der Waals surface area contributed by atoms with Crippen LogP contribution in [0.3, 0.4) is 0 Å². The van der Waals surface area contributed by atoms with Gasteiger partial charge in [-0.15, -0.1) is 0 Å². The lowest BCUT2D eigenvalue weighted by Gasteiger charge is -2.20. The third kappa shape index (κ3) is 3.09. The molecule has 6 heteroatoms. The zero-order valence-electron chi connectivity index (χ0n) is 13.4. The van der Waals surface area contributed by atoms with Crippen molar-refractivity contribution in [3.05, 3.63) is 58.8 Å². The smallest absolute Gasteiger partial charge is 0.226 e. The molecule has 0 spiro atoms. The van der Waals surface area contributed by atoms with Gasteiger partial charge in [-0.05, 0) is 44.5 Å². The van der Waals surface area contributed by atoms with Crippen LogP contribution in [-0.2, 0) is 6.54 Å². The van der Waals surface area contributed by atoms with Gasteiger partial charge in [0.1, 0.15) is 6.26 Å². The molecule has 1 aliphatic heterocycles. The number of hydrogen-bond acceptors (Lipinski definition) is 5. The Morgan fingerprint density at radius 1 is 1.33 bits per heavy atom. The number of nitrogens with zero attached hydrogens (tertiary/aromatic N) is 3. The number of aryl methyl sites for hydroxylation is 1. The first kappa shape index (κ1) is 15.4. The van der Waals surface area contributed by atoms with Crippen LogP contribution in [0.1, 0.15) is 36.0 Å². The van der Waals surface area contributed by atoms with Crippen LogP contribution in [0.2, 0.25) is 5.02 Å². The first-order valence-electron chi connectivity index (χ1n) is 8.06. The highest BCUT2D eigenvalue weighted by atomic mass is 35.5. The number of rotatable bonds is 4. The minimum atomic E-state index is 0.262. The molecular weight excluding hydrogens is 326 g/mol. The molecular formula is C18H18ClN3O2. The number of likely N-dealkylation sites (tertiary alicyclic amines) is 1. The Morgan fingerprint density at radius 3 is 3.04 bits per heavy atom. The quantitative estimate of drug-likeness (QED) is 0.691. The van der Waals surface area contributed by atoms with E-state index in [9.17, 15) is 0 Å². The van der Waals surface area contributed by atoms with E-state index < -0.39 is 0 Å². The Morgan fingerprint density at radius 2 is 2.25 bits per heavy atom. The maximum absolute atomic E-state index is 6.03. The number of aromatic nitrogens is 2. The van der Waals surface area contributed by atoms with E-state index in [0.717, 1.165) is 48.6 Å². The summed E-state index contributed by atoms with van der Waals surface area (Å²) in [6.45, 7) is 3.69. The van der Waals surface area contributed by atoms with Gasteiger partial charge in [-0.1, -0.05) is 22.8 Å². The van der Waals surface area contributed by atoms with Gasteiger partial charge in [0, 0.05) is 23.2 Å². The van der Waals surface area contributed by atoms with E-state index in [1.165, 1.54) is 0 Å². The van der Waals surface area contributed by atoms with Crippen molar-refractivity contribution in [3.8, 4) is 11.5 Å². The van der Waals surface area contributed by atoms with Crippen molar-refractivity contribution in [3.63, 3.8) is 0 Å². The molecule has 0 radical (unpaired) electrons. The van der Waals surface area contributed by atoms with Gasteiger partial charge in [0.25, 0.3) is 0 Å². The molecule has 124 valence electrons. The summed E-state index contributed by atoms with van der Waals surface area (Å²) in [6.07, 6.45) is 3.94. The topological polar surface area (TPSA) is 55.3 Å². The van der Waals surface area contributed by atoms with Crippen molar-refractivity contribution < 1.29 is 8.94 Å². The molecule has 0 aliphatic carbocycles. The van der Waals surface area contributed by atoms with Crippen LogP contribution in [0.4, 0.5) is 0 Å². The first-order valence-corrected chi connectivity index (χ1v) is 8.44. The second kappa shape index (κ2) is 6.42. The molecule has 0 saturated carbocycles. The molecule has 0 bridgehead atoms.